The van der Waals surface area contributed by atoms with Gasteiger partial charge in [-0.15, -0.1) is 0 Å². The average molecular weight is 372 g/mol. The van der Waals surface area contributed by atoms with E-state index in [-0.39, 0.29) is 11.8 Å². The molecule has 7 nitrogen and oxygen atoms in total. The van der Waals surface area contributed by atoms with E-state index in [1.165, 1.54) is 11.1 Å². The number of fused-ring (bicyclic) bond motifs is 1. The summed E-state index contributed by atoms with van der Waals surface area (Å²) in [7, 11) is 5.08. The molecular formula is C18H18ClN5O2. The molecule has 1 N–H and O–H groups in total. The zero-order valence-electron chi connectivity index (χ0n) is 14.9. The van der Waals surface area contributed by atoms with Crippen LogP contribution in [0.1, 0.15) is 26.4 Å². The second-order valence-corrected chi connectivity index (χ2v) is 6.56. The van der Waals surface area contributed by atoms with Crippen LogP contribution in [0.5, 0.6) is 0 Å². The van der Waals surface area contributed by atoms with Gasteiger partial charge >= 0.3 is 0 Å². The lowest BCUT2D eigenvalue weighted by molar-refractivity contribution is 0.0827. The Labute approximate surface area is 155 Å². The van der Waals surface area contributed by atoms with E-state index in [1.54, 1.807) is 50.1 Å². The Morgan fingerprint density at radius 2 is 1.96 bits per heavy atom. The van der Waals surface area contributed by atoms with Crippen LogP contribution in [0, 0.1) is 6.92 Å². The van der Waals surface area contributed by atoms with Gasteiger partial charge in [0.1, 0.15) is 0 Å². The molecule has 0 atom stereocenters. The second kappa shape index (κ2) is 6.76. The average Bonchev–Trinajstić information content (AvgIpc) is 2.89. The van der Waals surface area contributed by atoms with E-state index < -0.39 is 0 Å². The topological polar surface area (TPSA) is 80.1 Å². The van der Waals surface area contributed by atoms with Crippen LogP contribution in [0.2, 0.25) is 5.02 Å². The summed E-state index contributed by atoms with van der Waals surface area (Å²) < 4.78 is 1.67. The first kappa shape index (κ1) is 17.9. The van der Waals surface area contributed by atoms with Crippen molar-refractivity contribution in [2.45, 2.75) is 6.92 Å². The molecule has 3 rings (SSSR count). The molecular weight excluding hydrogens is 354 g/mol. The predicted octanol–water partition coefficient (Wildman–Crippen LogP) is 2.88. The van der Waals surface area contributed by atoms with Crippen LogP contribution in [0.3, 0.4) is 0 Å². The van der Waals surface area contributed by atoms with Gasteiger partial charge < -0.3 is 10.2 Å². The number of pyridine rings is 1. The van der Waals surface area contributed by atoms with Crippen LogP contribution in [0.25, 0.3) is 11.0 Å². The van der Waals surface area contributed by atoms with Crippen molar-refractivity contribution in [2.75, 3.05) is 19.4 Å². The molecule has 1 aromatic carbocycles. The third-order valence-corrected chi connectivity index (χ3v) is 4.32. The normalized spacial score (nSPS) is 10.8. The molecule has 2 amide bonds. The van der Waals surface area contributed by atoms with Crippen LogP contribution < -0.4 is 5.32 Å². The van der Waals surface area contributed by atoms with E-state index in [4.69, 9.17) is 11.6 Å². The maximum absolute atomic E-state index is 12.6. The molecule has 26 heavy (non-hydrogen) atoms. The summed E-state index contributed by atoms with van der Waals surface area (Å²) in [6.07, 6.45) is 1.50. The van der Waals surface area contributed by atoms with Gasteiger partial charge in [-0.05, 0) is 31.2 Å². The molecule has 0 aliphatic rings. The lowest BCUT2D eigenvalue weighted by atomic mass is 10.1. The minimum absolute atomic E-state index is 0.236. The number of nitrogens with one attached hydrogen (secondary N) is 1. The van der Waals surface area contributed by atoms with E-state index in [0.717, 1.165) is 11.1 Å². The lowest BCUT2D eigenvalue weighted by Gasteiger charge is -2.13. The fourth-order valence-electron chi connectivity index (χ4n) is 2.64. The van der Waals surface area contributed by atoms with E-state index in [2.05, 4.69) is 15.4 Å². The first-order valence-corrected chi connectivity index (χ1v) is 8.27. The Morgan fingerprint density at radius 3 is 2.65 bits per heavy atom. The summed E-state index contributed by atoms with van der Waals surface area (Å²) in [4.78, 5) is 30.5. The highest BCUT2D eigenvalue weighted by atomic mass is 35.5. The first-order valence-electron chi connectivity index (χ1n) is 7.90. The minimum atomic E-state index is -0.326. The molecule has 0 saturated carbocycles. The Hall–Kier alpha value is -2.93. The molecule has 0 aliphatic carbocycles. The molecule has 2 heterocycles. The third kappa shape index (κ3) is 3.25. The Morgan fingerprint density at radius 1 is 1.23 bits per heavy atom. The highest BCUT2D eigenvalue weighted by molar-refractivity contribution is 6.34. The number of carbonyl (C=O) groups excluding carboxylic acids is 2. The molecule has 8 heteroatoms. The number of aromatic nitrogens is 3. The number of carbonyl (C=O) groups is 2. The minimum Gasteiger partial charge on any atom is -0.345 e. The van der Waals surface area contributed by atoms with Crippen molar-refractivity contribution in [3.8, 4) is 0 Å². The molecule has 0 aliphatic heterocycles. The summed E-state index contributed by atoms with van der Waals surface area (Å²) in [5.41, 5.74) is 2.72. The van der Waals surface area contributed by atoms with Gasteiger partial charge in [-0.3, -0.25) is 14.3 Å². The van der Waals surface area contributed by atoms with Gasteiger partial charge in [0.05, 0.1) is 21.8 Å². The van der Waals surface area contributed by atoms with E-state index in [9.17, 15) is 9.59 Å². The summed E-state index contributed by atoms with van der Waals surface area (Å²) in [6.45, 7) is 1.87. The number of anilines is 1. The van der Waals surface area contributed by atoms with E-state index in [1.807, 2.05) is 6.92 Å². The van der Waals surface area contributed by atoms with Crippen molar-refractivity contribution in [3.05, 3.63) is 52.3 Å². The summed E-state index contributed by atoms with van der Waals surface area (Å²) in [6, 6.07) is 6.54. The maximum atomic E-state index is 12.6. The molecule has 0 bridgehead atoms. The van der Waals surface area contributed by atoms with Crippen LogP contribution >= 0.6 is 11.6 Å². The number of rotatable bonds is 3. The second-order valence-electron chi connectivity index (χ2n) is 6.15. The van der Waals surface area contributed by atoms with Gasteiger partial charge in [0.15, 0.2) is 5.65 Å². The highest BCUT2D eigenvalue weighted by Gasteiger charge is 2.16. The molecule has 0 saturated heterocycles. The number of hydrogen-bond acceptors (Lipinski definition) is 4. The molecule has 2 aromatic heterocycles. The van der Waals surface area contributed by atoms with Crippen molar-refractivity contribution < 1.29 is 9.59 Å². The van der Waals surface area contributed by atoms with Crippen LogP contribution in [-0.4, -0.2) is 45.6 Å². The van der Waals surface area contributed by atoms with Crippen molar-refractivity contribution in [2.24, 2.45) is 7.05 Å². The zero-order valence-corrected chi connectivity index (χ0v) is 15.6. The largest absolute Gasteiger partial charge is 0.345 e. The Bertz CT molecular complexity index is 1030. The number of nitrogens with zero attached hydrogens (tertiary/aromatic N) is 4. The van der Waals surface area contributed by atoms with E-state index >= 15 is 0 Å². The number of halogens is 1. The van der Waals surface area contributed by atoms with Gasteiger partial charge in [0.2, 0.25) is 0 Å². The fraction of sp³-hybridized carbons (Fsp3) is 0.222. The molecule has 0 radical (unpaired) electrons. The number of amides is 2. The van der Waals surface area contributed by atoms with Crippen LogP contribution in [0.15, 0.2) is 30.5 Å². The number of hydrogen-bond donors (Lipinski definition) is 1. The highest BCUT2D eigenvalue weighted by Crippen LogP contribution is 2.23. The smallest absolute Gasteiger partial charge is 0.257 e. The summed E-state index contributed by atoms with van der Waals surface area (Å²) in [5.74, 6) is -0.562. The van der Waals surface area contributed by atoms with Crippen molar-refractivity contribution >= 4 is 40.1 Å². The van der Waals surface area contributed by atoms with Gasteiger partial charge in [-0.25, -0.2) is 4.98 Å². The SMILES string of the molecule is Cc1nn(C)c2ncc(C(=O)Nc3ccc(Cl)c(C(=O)N(C)C)c3)cc12. The van der Waals surface area contributed by atoms with Crippen LogP contribution in [-0.2, 0) is 7.05 Å². The number of aryl methyl sites for hydroxylation is 2. The van der Waals surface area contributed by atoms with Crippen molar-refractivity contribution in [1.82, 2.24) is 19.7 Å². The molecule has 0 fully saturated rings. The monoisotopic (exact) mass is 371 g/mol. The maximum Gasteiger partial charge on any atom is 0.257 e. The van der Waals surface area contributed by atoms with Gasteiger partial charge in [-0.2, -0.15) is 5.10 Å². The standard InChI is InChI=1S/C18H18ClN5O2/c1-10-13-7-11(9-20-16(13)24(4)22-10)17(25)21-12-5-6-15(19)14(8-12)18(26)23(2)3/h5-9H,1-4H3,(H,21,25). The molecule has 134 valence electrons. The lowest BCUT2D eigenvalue weighted by Crippen LogP contribution is -2.22. The molecule has 0 spiro atoms. The first-order chi connectivity index (χ1) is 12.3. The molecule has 0 unspecified atom stereocenters. The quantitative estimate of drug-likeness (QED) is 0.767. The predicted molar refractivity (Wildman–Crippen MR) is 101 cm³/mol. The van der Waals surface area contributed by atoms with Crippen molar-refractivity contribution in [3.63, 3.8) is 0 Å². The zero-order chi connectivity index (χ0) is 19.0. The van der Waals surface area contributed by atoms with E-state index in [0.29, 0.717) is 27.5 Å². The van der Waals surface area contributed by atoms with Gasteiger partial charge in [0.25, 0.3) is 11.8 Å². The third-order valence-electron chi connectivity index (χ3n) is 3.99. The van der Waals surface area contributed by atoms with Crippen molar-refractivity contribution in [1.29, 1.82) is 0 Å². The van der Waals surface area contributed by atoms with Gasteiger partial charge in [-0.1, -0.05) is 11.6 Å². The molecule has 3 aromatic rings. The van der Waals surface area contributed by atoms with Gasteiger partial charge in [0, 0.05) is 38.4 Å². The Kier molecular flexibility index (Phi) is 4.65. The summed E-state index contributed by atoms with van der Waals surface area (Å²) >= 11 is 6.09. The number of benzene rings is 1. The Balaban J connectivity index is 1.89. The fourth-order valence-corrected chi connectivity index (χ4v) is 2.84. The summed E-state index contributed by atoms with van der Waals surface area (Å²) in [5, 5.41) is 8.22. The van der Waals surface area contributed by atoms with Crippen LogP contribution in [0.4, 0.5) is 5.69 Å².